The van der Waals surface area contributed by atoms with E-state index in [-0.39, 0.29) is 0 Å². The number of rotatable bonds is 4. The molecule has 0 unspecified atom stereocenters. The van der Waals surface area contributed by atoms with Gasteiger partial charge in [0.1, 0.15) is 11.6 Å². The van der Waals surface area contributed by atoms with Gasteiger partial charge in [0.15, 0.2) is 5.82 Å². The van der Waals surface area contributed by atoms with Gasteiger partial charge >= 0.3 is 0 Å². The number of nitrogens with one attached hydrogen (secondary N) is 1. The number of benzene rings is 2. The average Bonchev–Trinajstić information content (AvgIpc) is 2.73. The van der Waals surface area contributed by atoms with Crippen LogP contribution in [0.4, 0.5) is 5.82 Å². The number of fused-ring (bicyclic) bond motifs is 1. The number of pyridine rings is 1. The molecule has 4 aromatic rings. The number of hydrogen-bond acceptors (Lipinski definition) is 5. The molecule has 0 amide bonds. The molecule has 2 aromatic carbocycles. The number of aromatic nitrogens is 3. The first-order chi connectivity index (χ1) is 13.2. The molecule has 0 saturated carbocycles. The fourth-order valence-corrected chi connectivity index (χ4v) is 3.89. The van der Waals surface area contributed by atoms with Gasteiger partial charge in [0, 0.05) is 30.4 Å². The number of halogens is 1. The average molecular weight is 468 g/mol. The van der Waals surface area contributed by atoms with Gasteiger partial charge in [0.05, 0.1) is 16.2 Å². The molecule has 27 heavy (non-hydrogen) atoms. The van der Waals surface area contributed by atoms with E-state index >= 15 is 0 Å². The van der Waals surface area contributed by atoms with E-state index in [1.807, 2.05) is 37.4 Å². The van der Waals surface area contributed by atoms with Gasteiger partial charge in [-0.3, -0.25) is 4.98 Å². The van der Waals surface area contributed by atoms with Gasteiger partial charge < -0.3 is 10.1 Å². The summed E-state index contributed by atoms with van der Waals surface area (Å²) < 4.78 is 6.53. The Morgan fingerprint density at radius 2 is 1.89 bits per heavy atom. The zero-order valence-corrected chi connectivity index (χ0v) is 17.1. The molecule has 4 rings (SSSR count). The van der Waals surface area contributed by atoms with E-state index in [1.165, 1.54) is 0 Å². The van der Waals surface area contributed by atoms with Crippen LogP contribution in [0.25, 0.3) is 33.4 Å². The number of hydrogen-bond donors (Lipinski definition) is 1. The van der Waals surface area contributed by atoms with Crippen LogP contribution in [0, 0.1) is 3.57 Å². The van der Waals surface area contributed by atoms with Crippen molar-refractivity contribution < 1.29 is 4.74 Å². The molecular weight excluding hydrogens is 451 g/mol. The number of methoxy groups -OCH3 is 1. The van der Waals surface area contributed by atoms with Gasteiger partial charge in [-0.1, -0.05) is 18.2 Å². The van der Waals surface area contributed by atoms with Gasteiger partial charge in [0.2, 0.25) is 0 Å². The predicted octanol–water partition coefficient (Wildman–Crippen LogP) is 5.01. The van der Waals surface area contributed by atoms with Crippen LogP contribution in [0.2, 0.25) is 0 Å². The summed E-state index contributed by atoms with van der Waals surface area (Å²) in [5.41, 5.74) is 3.99. The van der Waals surface area contributed by atoms with Crippen LogP contribution in [0.5, 0.6) is 5.75 Å². The van der Waals surface area contributed by atoms with Crippen molar-refractivity contribution in [1.82, 2.24) is 15.0 Å². The molecule has 0 bridgehead atoms. The minimum Gasteiger partial charge on any atom is -0.496 e. The van der Waals surface area contributed by atoms with E-state index in [0.29, 0.717) is 5.82 Å². The monoisotopic (exact) mass is 468 g/mol. The summed E-state index contributed by atoms with van der Waals surface area (Å²) in [6.45, 7) is 0. The topological polar surface area (TPSA) is 59.9 Å². The molecule has 6 heteroatoms. The van der Waals surface area contributed by atoms with Crippen molar-refractivity contribution in [3.05, 3.63) is 64.5 Å². The normalized spacial score (nSPS) is 10.8. The largest absolute Gasteiger partial charge is 0.496 e. The van der Waals surface area contributed by atoms with Crippen molar-refractivity contribution in [3.63, 3.8) is 0 Å². The molecule has 2 aromatic heterocycles. The number of nitrogens with zero attached hydrogens (tertiary/aromatic N) is 3. The fourth-order valence-electron chi connectivity index (χ4n) is 3.00. The molecule has 2 heterocycles. The van der Waals surface area contributed by atoms with Gasteiger partial charge in [-0.05, 0) is 64.0 Å². The van der Waals surface area contributed by atoms with Crippen LogP contribution in [0.1, 0.15) is 0 Å². The summed E-state index contributed by atoms with van der Waals surface area (Å²) >= 11 is 2.32. The highest BCUT2D eigenvalue weighted by Gasteiger charge is 2.12. The van der Waals surface area contributed by atoms with E-state index in [1.54, 1.807) is 19.5 Å². The van der Waals surface area contributed by atoms with Crippen LogP contribution in [-0.2, 0) is 0 Å². The molecular formula is C21H17IN4O. The Labute approximate surface area is 171 Å². The lowest BCUT2D eigenvalue weighted by Gasteiger charge is -2.12. The van der Waals surface area contributed by atoms with Crippen LogP contribution in [0.3, 0.4) is 0 Å². The zero-order chi connectivity index (χ0) is 18.8. The summed E-state index contributed by atoms with van der Waals surface area (Å²) in [5, 5.41) is 4.17. The maximum absolute atomic E-state index is 5.45. The third kappa shape index (κ3) is 3.32. The highest BCUT2D eigenvalue weighted by atomic mass is 127. The van der Waals surface area contributed by atoms with Crippen molar-refractivity contribution in [3.8, 4) is 28.3 Å². The second kappa shape index (κ2) is 7.48. The Hall–Kier alpha value is -2.74. The van der Waals surface area contributed by atoms with Crippen LogP contribution in [0.15, 0.2) is 60.9 Å². The number of ether oxygens (including phenoxy) is 1. The lowest BCUT2D eigenvalue weighted by molar-refractivity contribution is 0.412. The van der Waals surface area contributed by atoms with E-state index in [4.69, 9.17) is 14.7 Å². The van der Waals surface area contributed by atoms with Crippen molar-refractivity contribution in [2.45, 2.75) is 0 Å². The molecule has 0 aliphatic rings. The first-order valence-electron chi connectivity index (χ1n) is 8.44. The molecule has 0 atom stereocenters. The third-order valence-electron chi connectivity index (χ3n) is 4.35. The molecule has 134 valence electrons. The summed E-state index contributed by atoms with van der Waals surface area (Å²) in [5.74, 6) is 2.31. The van der Waals surface area contributed by atoms with Crippen LogP contribution >= 0.6 is 22.6 Å². The second-order valence-electron chi connectivity index (χ2n) is 5.94. The van der Waals surface area contributed by atoms with Gasteiger partial charge in [-0.25, -0.2) is 9.97 Å². The quantitative estimate of drug-likeness (QED) is 0.427. The first kappa shape index (κ1) is 17.7. The van der Waals surface area contributed by atoms with Crippen molar-refractivity contribution in [1.29, 1.82) is 0 Å². The minimum atomic E-state index is 0.656. The first-order valence-corrected chi connectivity index (χ1v) is 9.52. The molecule has 0 saturated heterocycles. The Morgan fingerprint density at radius 3 is 2.63 bits per heavy atom. The molecule has 0 radical (unpaired) electrons. The maximum Gasteiger partial charge on any atom is 0.163 e. The number of anilines is 1. The SMILES string of the molecule is CNc1nc(-c2cccnc2)nc2ccc(-c3cccc(OC)c3I)cc12. The summed E-state index contributed by atoms with van der Waals surface area (Å²) in [6.07, 6.45) is 3.51. The summed E-state index contributed by atoms with van der Waals surface area (Å²) in [6, 6.07) is 16.1. The Morgan fingerprint density at radius 1 is 1.00 bits per heavy atom. The van der Waals surface area contributed by atoms with E-state index in [9.17, 15) is 0 Å². The van der Waals surface area contributed by atoms with E-state index < -0.39 is 0 Å². The standard InChI is InChI=1S/C21H17IN4O/c1-23-21-16-11-13(15-6-3-7-18(27-2)19(15)22)8-9-17(16)25-20(26-21)14-5-4-10-24-12-14/h3-12H,1-2H3,(H,23,25,26). The van der Waals surface area contributed by atoms with Crippen molar-refractivity contribution in [2.75, 3.05) is 19.5 Å². The van der Waals surface area contributed by atoms with Crippen LogP contribution < -0.4 is 10.1 Å². The summed E-state index contributed by atoms with van der Waals surface area (Å²) in [7, 11) is 3.56. The molecule has 0 spiro atoms. The molecule has 5 nitrogen and oxygen atoms in total. The molecule has 0 aliphatic heterocycles. The predicted molar refractivity (Wildman–Crippen MR) is 117 cm³/mol. The fraction of sp³-hybridized carbons (Fsp3) is 0.0952. The Bertz CT molecular complexity index is 1120. The molecule has 1 N–H and O–H groups in total. The highest BCUT2D eigenvalue weighted by Crippen LogP contribution is 2.34. The van der Waals surface area contributed by atoms with Gasteiger partial charge in [-0.2, -0.15) is 0 Å². The Kier molecular flexibility index (Phi) is 4.89. The van der Waals surface area contributed by atoms with Crippen LogP contribution in [-0.4, -0.2) is 29.1 Å². The van der Waals surface area contributed by atoms with E-state index in [0.717, 1.165) is 42.7 Å². The zero-order valence-electron chi connectivity index (χ0n) is 14.9. The van der Waals surface area contributed by atoms with Crippen molar-refractivity contribution in [2.24, 2.45) is 0 Å². The van der Waals surface area contributed by atoms with Gasteiger partial charge in [-0.15, -0.1) is 0 Å². The van der Waals surface area contributed by atoms with E-state index in [2.05, 4.69) is 51.1 Å². The Balaban J connectivity index is 1.88. The lowest BCUT2D eigenvalue weighted by Crippen LogP contribution is -1.99. The summed E-state index contributed by atoms with van der Waals surface area (Å²) in [4.78, 5) is 13.6. The van der Waals surface area contributed by atoms with Gasteiger partial charge in [0.25, 0.3) is 0 Å². The third-order valence-corrected chi connectivity index (χ3v) is 5.46. The minimum absolute atomic E-state index is 0.656. The lowest BCUT2D eigenvalue weighted by atomic mass is 10.0. The molecule has 0 fully saturated rings. The molecule has 0 aliphatic carbocycles. The second-order valence-corrected chi connectivity index (χ2v) is 7.02. The smallest absolute Gasteiger partial charge is 0.163 e. The maximum atomic E-state index is 5.45. The highest BCUT2D eigenvalue weighted by molar-refractivity contribution is 14.1. The van der Waals surface area contributed by atoms with Crippen molar-refractivity contribution >= 4 is 39.3 Å².